The van der Waals surface area contributed by atoms with Crippen LogP contribution in [0.4, 0.5) is 16.3 Å². The fourth-order valence-corrected chi connectivity index (χ4v) is 5.09. The van der Waals surface area contributed by atoms with E-state index in [9.17, 15) is 9.59 Å². The van der Waals surface area contributed by atoms with E-state index in [1.54, 1.807) is 6.92 Å². The molecule has 1 fully saturated rings. The van der Waals surface area contributed by atoms with Crippen molar-refractivity contribution >= 4 is 34.3 Å². The second kappa shape index (κ2) is 11.6. The fourth-order valence-electron chi connectivity index (χ4n) is 5.09. The van der Waals surface area contributed by atoms with E-state index < -0.39 is 6.09 Å². The minimum absolute atomic E-state index is 0.201. The number of imide groups is 1. The number of hydrogen-bond acceptors (Lipinski definition) is 7. The van der Waals surface area contributed by atoms with E-state index in [1.165, 1.54) is 16.5 Å². The number of aryl methyl sites for hydroxylation is 1. The number of rotatable bonds is 8. The maximum Gasteiger partial charge on any atom is 0.422 e. The van der Waals surface area contributed by atoms with Gasteiger partial charge in [-0.25, -0.2) is 4.79 Å². The van der Waals surface area contributed by atoms with Gasteiger partial charge in [0.25, 0.3) is 0 Å². The number of amides is 2. The highest BCUT2D eigenvalue weighted by Gasteiger charge is 2.32. The lowest BCUT2D eigenvalue weighted by Gasteiger charge is -2.36. The lowest BCUT2D eigenvalue weighted by atomic mass is 10.1. The van der Waals surface area contributed by atoms with E-state index in [2.05, 4.69) is 57.2 Å². The van der Waals surface area contributed by atoms with Crippen LogP contribution in [0.25, 0.3) is 10.8 Å². The van der Waals surface area contributed by atoms with Gasteiger partial charge in [-0.05, 0) is 55.8 Å². The molecule has 0 saturated carbocycles. The first-order valence-corrected chi connectivity index (χ1v) is 13.2. The van der Waals surface area contributed by atoms with Gasteiger partial charge < -0.3 is 14.4 Å². The standard InChI is InChI=1S/C29H34N4O4/c1-2-36-29(35)33-27(34)15-13-23-12-14-26(30-28(23)33)37-21-6-5-16-31-17-19-32(20-18-31)25-11-7-9-22-8-3-4-10-24(22)25/h3-4,7-12,14H,2,5-6,13,15-21H2,1H3. The van der Waals surface area contributed by atoms with Gasteiger partial charge in [0.15, 0.2) is 5.82 Å². The minimum atomic E-state index is -0.682. The first kappa shape index (κ1) is 25.0. The Morgan fingerprint density at radius 1 is 0.946 bits per heavy atom. The minimum Gasteiger partial charge on any atom is -0.478 e. The van der Waals surface area contributed by atoms with Crippen LogP contribution in [0.5, 0.6) is 5.88 Å². The van der Waals surface area contributed by atoms with E-state index in [-0.39, 0.29) is 18.9 Å². The number of carbonyl (C=O) groups is 2. The Kier molecular flexibility index (Phi) is 7.84. The van der Waals surface area contributed by atoms with Crippen molar-refractivity contribution in [1.29, 1.82) is 0 Å². The quantitative estimate of drug-likeness (QED) is 0.415. The summed E-state index contributed by atoms with van der Waals surface area (Å²) in [5.41, 5.74) is 2.18. The predicted octanol–water partition coefficient (Wildman–Crippen LogP) is 4.65. The van der Waals surface area contributed by atoms with E-state index in [4.69, 9.17) is 9.47 Å². The summed E-state index contributed by atoms with van der Waals surface area (Å²) in [5, 5.41) is 2.61. The van der Waals surface area contributed by atoms with E-state index >= 15 is 0 Å². The Morgan fingerprint density at radius 2 is 1.76 bits per heavy atom. The van der Waals surface area contributed by atoms with Crippen LogP contribution < -0.4 is 14.5 Å². The molecule has 8 nitrogen and oxygen atoms in total. The van der Waals surface area contributed by atoms with Gasteiger partial charge in [0.05, 0.1) is 13.2 Å². The number of fused-ring (bicyclic) bond motifs is 2. The summed E-state index contributed by atoms with van der Waals surface area (Å²) in [6.45, 7) is 7.64. The molecule has 0 atom stereocenters. The molecule has 5 rings (SSSR count). The van der Waals surface area contributed by atoms with Gasteiger partial charge in [-0.3, -0.25) is 9.69 Å². The van der Waals surface area contributed by atoms with Crippen LogP contribution in [0.1, 0.15) is 31.7 Å². The highest BCUT2D eigenvalue weighted by atomic mass is 16.6. The van der Waals surface area contributed by atoms with Gasteiger partial charge in [0.2, 0.25) is 11.8 Å². The smallest absolute Gasteiger partial charge is 0.422 e. The van der Waals surface area contributed by atoms with Gasteiger partial charge in [0, 0.05) is 49.7 Å². The number of hydrogen-bond donors (Lipinski definition) is 0. The molecule has 2 aromatic carbocycles. The zero-order valence-electron chi connectivity index (χ0n) is 21.4. The van der Waals surface area contributed by atoms with Crippen molar-refractivity contribution < 1.29 is 19.1 Å². The zero-order chi connectivity index (χ0) is 25.6. The summed E-state index contributed by atoms with van der Waals surface area (Å²) in [5.74, 6) is 0.457. The molecule has 2 amide bonds. The summed E-state index contributed by atoms with van der Waals surface area (Å²) in [7, 11) is 0. The van der Waals surface area contributed by atoms with Crippen LogP contribution in [0.2, 0.25) is 0 Å². The molecular weight excluding hydrogens is 468 g/mol. The molecule has 0 aliphatic carbocycles. The summed E-state index contributed by atoms with van der Waals surface area (Å²) in [6.07, 6.45) is 2.09. The lowest BCUT2D eigenvalue weighted by Crippen LogP contribution is -2.46. The monoisotopic (exact) mass is 502 g/mol. The Hall–Kier alpha value is -3.65. The molecule has 0 unspecified atom stereocenters. The van der Waals surface area contributed by atoms with E-state index in [0.717, 1.165) is 56.0 Å². The van der Waals surface area contributed by atoms with Crippen molar-refractivity contribution in [2.45, 2.75) is 32.6 Å². The van der Waals surface area contributed by atoms with E-state index in [0.29, 0.717) is 24.7 Å². The molecule has 0 bridgehead atoms. The van der Waals surface area contributed by atoms with Crippen molar-refractivity contribution in [2.24, 2.45) is 0 Å². The topological polar surface area (TPSA) is 75.2 Å². The molecule has 194 valence electrons. The van der Waals surface area contributed by atoms with Crippen molar-refractivity contribution in [3.63, 3.8) is 0 Å². The number of ether oxygens (including phenoxy) is 2. The second-order valence-corrected chi connectivity index (χ2v) is 9.44. The third kappa shape index (κ3) is 5.69. The number of carbonyl (C=O) groups excluding carboxylic acids is 2. The van der Waals surface area contributed by atoms with Crippen LogP contribution in [-0.2, 0) is 16.0 Å². The molecule has 0 spiro atoms. The Morgan fingerprint density at radius 3 is 2.59 bits per heavy atom. The van der Waals surface area contributed by atoms with Crippen molar-refractivity contribution in [2.75, 3.05) is 55.7 Å². The summed E-state index contributed by atoms with van der Waals surface area (Å²) in [4.78, 5) is 35.1. The maximum atomic E-state index is 12.3. The molecule has 37 heavy (non-hydrogen) atoms. The van der Waals surface area contributed by atoms with E-state index in [1.807, 2.05) is 12.1 Å². The summed E-state index contributed by atoms with van der Waals surface area (Å²) < 4.78 is 10.9. The largest absolute Gasteiger partial charge is 0.478 e. The first-order valence-electron chi connectivity index (χ1n) is 13.2. The molecule has 1 saturated heterocycles. The molecule has 8 heteroatoms. The molecule has 1 aromatic heterocycles. The normalized spacial score (nSPS) is 16.1. The zero-order valence-corrected chi connectivity index (χ0v) is 21.4. The number of benzene rings is 2. The number of anilines is 2. The van der Waals surface area contributed by atoms with Gasteiger partial charge >= 0.3 is 6.09 Å². The third-order valence-corrected chi connectivity index (χ3v) is 7.05. The Balaban J connectivity index is 1.07. The third-order valence-electron chi connectivity index (χ3n) is 7.05. The average Bonchev–Trinajstić information content (AvgIpc) is 2.93. The summed E-state index contributed by atoms with van der Waals surface area (Å²) in [6, 6.07) is 18.8. The Bertz CT molecular complexity index is 1250. The van der Waals surface area contributed by atoms with Crippen LogP contribution >= 0.6 is 0 Å². The second-order valence-electron chi connectivity index (χ2n) is 9.44. The first-order chi connectivity index (χ1) is 18.1. The molecule has 0 N–H and O–H groups in total. The highest BCUT2D eigenvalue weighted by molar-refractivity contribution is 6.13. The Labute approximate surface area is 217 Å². The van der Waals surface area contributed by atoms with Crippen LogP contribution in [-0.4, -0.2) is 67.8 Å². The van der Waals surface area contributed by atoms with Crippen LogP contribution in [0.3, 0.4) is 0 Å². The lowest BCUT2D eigenvalue weighted by molar-refractivity contribution is -0.118. The van der Waals surface area contributed by atoms with Gasteiger partial charge in [0.1, 0.15) is 0 Å². The molecule has 3 aromatic rings. The molecular formula is C29H34N4O4. The fraction of sp³-hybridized carbons (Fsp3) is 0.414. The number of nitrogens with zero attached hydrogens (tertiary/aromatic N) is 4. The van der Waals surface area contributed by atoms with Gasteiger partial charge in [-0.15, -0.1) is 0 Å². The molecule has 2 aliphatic heterocycles. The molecule has 3 heterocycles. The predicted molar refractivity (Wildman–Crippen MR) is 144 cm³/mol. The number of piperazine rings is 1. The molecule has 2 aliphatic rings. The number of unbranched alkanes of at least 4 members (excludes halogenated alkanes) is 1. The van der Waals surface area contributed by atoms with Gasteiger partial charge in [-0.2, -0.15) is 9.88 Å². The average molecular weight is 503 g/mol. The number of pyridine rings is 1. The van der Waals surface area contributed by atoms with Crippen LogP contribution in [0, 0.1) is 0 Å². The van der Waals surface area contributed by atoms with Crippen molar-refractivity contribution in [3.8, 4) is 5.88 Å². The molecule has 0 radical (unpaired) electrons. The number of aromatic nitrogens is 1. The highest BCUT2D eigenvalue weighted by Crippen LogP contribution is 2.29. The van der Waals surface area contributed by atoms with Crippen LogP contribution in [0.15, 0.2) is 54.6 Å². The summed E-state index contributed by atoms with van der Waals surface area (Å²) >= 11 is 0. The maximum absolute atomic E-state index is 12.3. The van der Waals surface area contributed by atoms with Crippen molar-refractivity contribution in [3.05, 3.63) is 60.2 Å². The SMILES string of the molecule is CCOC(=O)N1C(=O)CCc2ccc(OCCCCN3CCN(c4cccc5ccccc45)CC3)nc21. The van der Waals surface area contributed by atoms with Gasteiger partial charge in [-0.1, -0.05) is 36.4 Å². The van der Waals surface area contributed by atoms with Crippen molar-refractivity contribution in [1.82, 2.24) is 9.88 Å².